The Morgan fingerprint density at radius 1 is 1.35 bits per heavy atom. The van der Waals surface area contributed by atoms with Crippen molar-refractivity contribution >= 4 is 16.5 Å². The maximum atomic E-state index is 4.14. The van der Waals surface area contributed by atoms with Crippen LogP contribution in [0.2, 0.25) is 0 Å². The van der Waals surface area contributed by atoms with Gasteiger partial charge in [0.2, 0.25) is 5.13 Å². The summed E-state index contributed by atoms with van der Waals surface area (Å²) >= 11 is 1.60. The van der Waals surface area contributed by atoms with Gasteiger partial charge in [0.1, 0.15) is 17.7 Å². The van der Waals surface area contributed by atoms with Crippen molar-refractivity contribution in [1.29, 1.82) is 0 Å². The van der Waals surface area contributed by atoms with Crippen LogP contribution in [0.3, 0.4) is 0 Å². The molecule has 2 aromatic heterocycles. The average Bonchev–Trinajstić information content (AvgIpc) is 2.88. The first kappa shape index (κ1) is 12.0. The van der Waals surface area contributed by atoms with Crippen molar-refractivity contribution in [1.82, 2.24) is 25.0 Å². The van der Waals surface area contributed by atoms with Gasteiger partial charge in [-0.1, -0.05) is 25.2 Å². The molecule has 2 aromatic rings. The van der Waals surface area contributed by atoms with Crippen molar-refractivity contribution in [2.75, 3.05) is 5.32 Å². The molecule has 92 valence electrons. The molecule has 1 atom stereocenters. The molecule has 17 heavy (non-hydrogen) atoms. The quantitative estimate of drug-likeness (QED) is 0.878. The van der Waals surface area contributed by atoms with Crippen molar-refractivity contribution in [2.45, 2.75) is 39.3 Å². The van der Waals surface area contributed by atoms with E-state index >= 15 is 0 Å². The van der Waals surface area contributed by atoms with Crippen LogP contribution >= 0.6 is 11.3 Å². The van der Waals surface area contributed by atoms with E-state index in [1.807, 2.05) is 0 Å². The van der Waals surface area contributed by atoms with E-state index < -0.39 is 0 Å². The Hall–Kier alpha value is -1.50. The number of aromatic nitrogens is 5. The molecule has 0 saturated carbocycles. The second-order valence-corrected chi connectivity index (χ2v) is 5.27. The van der Waals surface area contributed by atoms with Gasteiger partial charge in [0.15, 0.2) is 0 Å². The summed E-state index contributed by atoms with van der Waals surface area (Å²) in [4.78, 5) is 3.91. The van der Waals surface area contributed by atoms with Crippen LogP contribution in [-0.4, -0.2) is 31.0 Å². The van der Waals surface area contributed by atoms with Gasteiger partial charge in [-0.3, -0.25) is 4.68 Å². The van der Waals surface area contributed by atoms with Crippen LogP contribution < -0.4 is 5.32 Å². The van der Waals surface area contributed by atoms with Crippen LogP contribution in [0.15, 0.2) is 12.7 Å². The molecule has 7 heteroatoms. The summed E-state index contributed by atoms with van der Waals surface area (Å²) in [7, 11) is 0. The van der Waals surface area contributed by atoms with E-state index in [9.17, 15) is 0 Å². The summed E-state index contributed by atoms with van der Waals surface area (Å²) in [5.74, 6) is 0.425. The van der Waals surface area contributed by atoms with Gasteiger partial charge in [0, 0.05) is 12.0 Å². The van der Waals surface area contributed by atoms with Gasteiger partial charge in [0.05, 0.1) is 6.54 Å². The van der Waals surface area contributed by atoms with E-state index in [-0.39, 0.29) is 6.04 Å². The van der Waals surface area contributed by atoms with Crippen LogP contribution in [0.1, 0.15) is 31.7 Å². The second kappa shape index (κ2) is 5.22. The van der Waals surface area contributed by atoms with Gasteiger partial charge in [-0.25, -0.2) is 4.98 Å². The number of hydrogen-bond donors (Lipinski definition) is 1. The molecule has 0 radical (unpaired) electrons. The summed E-state index contributed by atoms with van der Waals surface area (Å²) in [6, 6.07) is 0.240. The second-order valence-electron chi connectivity index (χ2n) is 4.26. The zero-order valence-electron chi connectivity index (χ0n) is 10.2. The molecule has 0 saturated heterocycles. The fraction of sp³-hybridized carbons (Fsp3) is 0.600. The summed E-state index contributed by atoms with van der Waals surface area (Å²) in [5, 5.41) is 17.6. The topological polar surface area (TPSA) is 68.5 Å². The Morgan fingerprint density at radius 2 is 2.18 bits per heavy atom. The van der Waals surface area contributed by atoms with E-state index in [1.54, 1.807) is 22.3 Å². The third-order valence-electron chi connectivity index (χ3n) is 2.23. The lowest BCUT2D eigenvalue weighted by Gasteiger charge is -2.11. The van der Waals surface area contributed by atoms with Crippen molar-refractivity contribution in [3.63, 3.8) is 0 Å². The van der Waals surface area contributed by atoms with Crippen molar-refractivity contribution in [2.24, 2.45) is 0 Å². The van der Waals surface area contributed by atoms with Gasteiger partial charge in [0.25, 0.3) is 0 Å². The normalized spacial score (nSPS) is 12.9. The van der Waals surface area contributed by atoms with Crippen molar-refractivity contribution in [3.05, 3.63) is 17.7 Å². The lowest BCUT2D eigenvalue weighted by atomic mass is 10.2. The number of anilines is 1. The summed E-state index contributed by atoms with van der Waals surface area (Å²) in [5.41, 5.74) is 0. The molecule has 0 aliphatic carbocycles. The SMILES string of the molecule is CC(Cn1cncn1)Nc1nnc(C(C)C)s1. The lowest BCUT2D eigenvalue weighted by Crippen LogP contribution is -2.22. The first-order valence-electron chi connectivity index (χ1n) is 5.57. The minimum atomic E-state index is 0.240. The summed E-state index contributed by atoms with van der Waals surface area (Å²) in [6.07, 6.45) is 3.24. The van der Waals surface area contributed by atoms with E-state index in [4.69, 9.17) is 0 Å². The fourth-order valence-corrected chi connectivity index (χ4v) is 2.25. The van der Waals surface area contributed by atoms with Crippen molar-refractivity contribution in [3.8, 4) is 0 Å². The number of nitrogens with one attached hydrogen (secondary N) is 1. The van der Waals surface area contributed by atoms with E-state index in [1.165, 1.54) is 6.33 Å². The van der Waals surface area contributed by atoms with Crippen LogP contribution in [0.4, 0.5) is 5.13 Å². The largest absolute Gasteiger partial charge is 0.356 e. The molecule has 2 heterocycles. The molecule has 0 bridgehead atoms. The molecule has 2 rings (SSSR count). The molecule has 0 amide bonds. The van der Waals surface area contributed by atoms with Gasteiger partial charge < -0.3 is 5.32 Å². The van der Waals surface area contributed by atoms with Crippen molar-refractivity contribution < 1.29 is 0 Å². The monoisotopic (exact) mass is 252 g/mol. The summed E-state index contributed by atoms with van der Waals surface area (Å²) in [6.45, 7) is 7.07. The molecule has 1 N–H and O–H groups in total. The molecular weight excluding hydrogens is 236 g/mol. The molecule has 0 aliphatic heterocycles. The van der Waals surface area contributed by atoms with Gasteiger partial charge in [-0.05, 0) is 6.92 Å². The van der Waals surface area contributed by atoms with E-state index in [0.717, 1.165) is 16.7 Å². The summed E-state index contributed by atoms with van der Waals surface area (Å²) < 4.78 is 1.79. The van der Waals surface area contributed by atoms with Crippen LogP contribution in [0.25, 0.3) is 0 Å². The highest BCUT2D eigenvalue weighted by atomic mass is 32.1. The first-order chi connectivity index (χ1) is 8.15. The Bertz CT molecular complexity index is 449. The Balaban J connectivity index is 1.91. The number of hydrogen-bond acceptors (Lipinski definition) is 6. The lowest BCUT2D eigenvalue weighted by molar-refractivity contribution is 0.559. The molecule has 0 aliphatic rings. The third-order valence-corrected chi connectivity index (χ3v) is 3.39. The van der Waals surface area contributed by atoms with Gasteiger partial charge in [-0.2, -0.15) is 5.10 Å². The van der Waals surface area contributed by atoms with E-state index in [0.29, 0.717) is 5.92 Å². The zero-order chi connectivity index (χ0) is 12.3. The Kier molecular flexibility index (Phi) is 3.68. The van der Waals surface area contributed by atoms with Crippen LogP contribution in [-0.2, 0) is 6.54 Å². The Labute approximate surface area is 104 Å². The minimum Gasteiger partial charge on any atom is -0.356 e. The number of nitrogens with zero attached hydrogens (tertiary/aromatic N) is 5. The first-order valence-corrected chi connectivity index (χ1v) is 6.39. The van der Waals surface area contributed by atoms with Gasteiger partial charge >= 0.3 is 0 Å². The zero-order valence-corrected chi connectivity index (χ0v) is 11.0. The molecule has 0 aromatic carbocycles. The maximum absolute atomic E-state index is 4.14. The molecule has 6 nitrogen and oxygen atoms in total. The van der Waals surface area contributed by atoms with Crippen LogP contribution in [0, 0.1) is 0 Å². The standard InChI is InChI=1S/C10H16N6S/c1-7(2)9-14-15-10(17-9)13-8(3)4-16-6-11-5-12-16/h5-8H,4H2,1-3H3,(H,13,15). The smallest absolute Gasteiger partial charge is 0.205 e. The predicted octanol–water partition coefficient (Wildman–Crippen LogP) is 1.75. The average molecular weight is 252 g/mol. The van der Waals surface area contributed by atoms with Crippen LogP contribution in [0.5, 0.6) is 0 Å². The highest BCUT2D eigenvalue weighted by molar-refractivity contribution is 7.15. The Morgan fingerprint density at radius 3 is 2.76 bits per heavy atom. The highest BCUT2D eigenvalue weighted by Crippen LogP contribution is 2.22. The fourth-order valence-electron chi connectivity index (χ4n) is 1.39. The minimum absolute atomic E-state index is 0.240. The highest BCUT2D eigenvalue weighted by Gasteiger charge is 2.10. The predicted molar refractivity (Wildman–Crippen MR) is 67.1 cm³/mol. The molecule has 0 fully saturated rings. The van der Waals surface area contributed by atoms with E-state index in [2.05, 4.69) is 46.4 Å². The maximum Gasteiger partial charge on any atom is 0.205 e. The molecular formula is C10H16N6S. The molecule has 1 unspecified atom stereocenters. The third kappa shape index (κ3) is 3.23. The molecule has 0 spiro atoms. The number of rotatable bonds is 5. The van der Waals surface area contributed by atoms with Gasteiger partial charge in [-0.15, -0.1) is 10.2 Å².